The van der Waals surface area contributed by atoms with Gasteiger partial charge in [0.15, 0.2) is 0 Å². The summed E-state index contributed by atoms with van der Waals surface area (Å²) in [6.45, 7) is 0.519. The second-order valence-corrected chi connectivity index (χ2v) is 7.27. The Morgan fingerprint density at radius 3 is 2.24 bits per heavy atom. The molecule has 0 fully saturated rings. The van der Waals surface area contributed by atoms with Crippen molar-refractivity contribution in [3.63, 3.8) is 0 Å². The third-order valence-corrected chi connectivity index (χ3v) is 4.64. The Morgan fingerprint density at radius 2 is 1.52 bits per heavy atom. The van der Waals surface area contributed by atoms with Crippen molar-refractivity contribution in [1.29, 1.82) is 0 Å². The van der Waals surface area contributed by atoms with Crippen LogP contribution in [0.1, 0.15) is 16.7 Å². The number of amides is 2. The third kappa shape index (κ3) is 8.42. The van der Waals surface area contributed by atoms with E-state index >= 15 is 0 Å². The molecule has 0 radical (unpaired) electrons. The van der Waals surface area contributed by atoms with Crippen molar-refractivity contribution in [3.8, 4) is 0 Å². The standard InChI is InChI=1S/C24H25BN2O6/c28-23(17-32-15-19-9-11-21(12-10-19)25(30)31)27-22-8-4-7-20(13-22)14-26-24(29)33-16-18-5-2-1-3-6-18/h1-13,30-31H,14-17H2,(H,26,29)(H,27,28). The maximum absolute atomic E-state index is 12.2. The highest BCUT2D eigenvalue weighted by molar-refractivity contribution is 6.58. The minimum Gasteiger partial charge on any atom is -0.445 e. The van der Waals surface area contributed by atoms with E-state index in [1.807, 2.05) is 36.4 Å². The maximum Gasteiger partial charge on any atom is 0.488 e. The van der Waals surface area contributed by atoms with Crippen LogP contribution in [-0.2, 0) is 34.0 Å². The molecule has 3 aromatic carbocycles. The molecule has 0 aliphatic rings. The molecule has 3 rings (SSSR count). The minimum atomic E-state index is -1.52. The van der Waals surface area contributed by atoms with Gasteiger partial charge in [-0.2, -0.15) is 0 Å². The van der Waals surface area contributed by atoms with Crippen LogP contribution < -0.4 is 16.1 Å². The minimum absolute atomic E-state index is 0.140. The Morgan fingerprint density at radius 1 is 0.818 bits per heavy atom. The SMILES string of the molecule is O=C(COCc1ccc(B(O)O)cc1)Nc1cccc(CNC(=O)OCc2ccccc2)c1. The molecule has 0 unspecified atom stereocenters. The molecule has 3 aromatic rings. The van der Waals surface area contributed by atoms with Crippen LogP contribution in [-0.4, -0.2) is 35.8 Å². The van der Waals surface area contributed by atoms with E-state index in [0.29, 0.717) is 11.2 Å². The van der Waals surface area contributed by atoms with E-state index in [1.54, 1.807) is 42.5 Å². The van der Waals surface area contributed by atoms with E-state index < -0.39 is 13.2 Å². The first kappa shape index (κ1) is 24.0. The quantitative estimate of drug-likeness (QED) is 0.353. The number of nitrogens with one attached hydrogen (secondary N) is 2. The van der Waals surface area contributed by atoms with Gasteiger partial charge in [-0.25, -0.2) is 4.79 Å². The van der Waals surface area contributed by atoms with Gasteiger partial charge in [0.1, 0.15) is 13.2 Å². The lowest BCUT2D eigenvalue weighted by molar-refractivity contribution is -0.121. The molecule has 170 valence electrons. The number of rotatable bonds is 10. The summed E-state index contributed by atoms with van der Waals surface area (Å²) < 4.78 is 10.6. The molecule has 2 amide bonds. The van der Waals surface area contributed by atoms with Crippen LogP contribution in [0.3, 0.4) is 0 Å². The first-order chi connectivity index (χ1) is 16.0. The van der Waals surface area contributed by atoms with E-state index in [0.717, 1.165) is 16.7 Å². The number of carbonyl (C=O) groups is 2. The summed E-state index contributed by atoms with van der Waals surface area (Å²) in [6.07, 6.45) is -0.525. The monoisotopic (exact) mass is 448 g/mol. The van der Waals surface area contributed by atoms with Gasteiger partial charge in [-0.3, -0.25) is 4.79 Å². The molecule has 0 saturated carbocycles. The number of hydrogen-bond donors (Lipinski definition) is 4. The van der Waals surface area contributed by atoms with Crippen molar-refractivity contribution in [2.24, 2.45) is 0 Å². The molecule has 0 saturated heterocycles. The summed E-state index contributed by atoms with van der Waals surface area (Å²) in [5.74, 6) is -0.315. The van der Waals surface area contributed by atoms with Crippen LogP contribution >= 0.6 is 0 Å². The first-order valence-corrected chi connectivity index (χ1v) is 10.4. The van der Waals surface area contributed by atoms with E-state index in [2.05, 4.69) is 10.6 Å². The van der Waals surface area contributed by atoms with Gasteiger partial charge >= 0.3 is 13.2 Å². The Kier molecular flexibility index (Phi) is 9.02. The summed E-state index contributed by atoms with van der Waals surface area (Å²) in [7, 11) is -1.52. The highest BCUT2D eigenvalue weighted by atomic mass is 16.5. The molecule has 0 aliphatic carbocycles. The fourth-order valence-corrected chi connectivity index (χ4v) is 2.95. The van der Waals surface area contributed by atoms with Crippen LogP contribution in [0.2, 0.25) is 0 Å². The molecule has 0 bridgehead atoms. The first-order valence-electron chi connectivity index (χ1n) is 10.4. The topological polar surface area (TPSA) is 117 Å². The van der Waals surface area contributed by atoms with Gasteiger partial charge in [-0.15, -0.1) is 0 Å². The Bertz CT molecular complexity index is 1040. The Balaban J connectivity index is 1.38. The van der Waals surface area contributed by atoms with E-state index in [-0.39, 0.29) is 32.3 Å². The average molecular weight is 448 g/mol. The molecule has 9 heteroatoms. The molecular formula is C24H25BN2O6. The number of hydrogen-bond acceptors (Lipinski definition) is 6. The number of benzene rings is 3. The van der Waals surface area contributed by atoms with E-state index in [9.17, 15) is 9.59 Å². The lowest BCUT2D eigenvalue weighted by Gasteiger charge is -2.10. The zero-order valence-electron chi connectivity index (χ0n) is 17.9. The van der Waals surface area contributed by atoms with Crippen LogP contribution in [0.5, 0.6) is 0 Å². The van der Waals surface area contributed by atoms with Crippen molar-refractivity contribution in [3.05, 3.63) is 95.6 Å². The van der Waals surface area contributed by atoms with Gasteiger partial charge in [-0.05, 0) is 34.3 Å². The fourth-order valence-electron chi connectivity index (χ4n) is 2.95. The van der Waals surface area contributed by atoms with Crippen molar-refractivity contribution in [1.82, 2.24) is 5.32 Å². The second-order valence-electron chi connectivity index (χ2n) is 7.27. The predicted octanol–water partition coefficient (Wildman–Crippen LogP) is 1.95. The van der Waals surface area contributed by atoms with Crippen LogP contribution in [0.15, 0.2) is 78.9 Å². The summed E-state index contributed by atoms with van der Waals surface area (Å²) in [6, 6.07) is 23.1. The van der Waals surface area contributed by atoms with Gasteiger partial charge < -0.3 is 30.2 Å². The normalized spacial score (nSPS) is 10.4. The van der Waals surface area contributed by atoms with E-state index in [1.165, 1.54) is 0 Å². The summed E-state index contributed by atoms with van der Waals surface area (Å²) in [5, 5.41) is 23.6. The average Bonchev–Trinajstić information content (AvgIpc) is 2.82. The smallest absolute Gasteiger partial charge is 0.445 e. The number of ether oxygens (including phenoxy) is 2. The Hall–Kier alpha value is -3.66. The molecule has 33 heavy (non-hydrogen) atoms. The largest absolute Gasteiger partial charge is 0.488 e. The summed E-state index contributed by atoms with van der Waals surface area (Å²) in [5.41, 5.74) is 3.48. The number of alkyl carbamates (subject to hydrolysis) is 1. The highest BCUT2D eigenvalue weighted by Gasteiger charge is 2.10. The molecule has 0 spiro atoms. The number of anilines is 1. The predicted molar refractivity (Wildman–Crippen MR) is 124 cm³/mol. The Labute approximate surface area is 192 Å². The fraction of sp³-hybridized carbons (Fsp3) is 0.167. The van der Waals surface area contributed by atoms with Crippen LogP contribution in [0, 0.1) is 0 Å². The van der Waals surface area contributed by atoms with Crippen LogP contribution in [0.4, 0.5) is 10.5 Å². The molecule has 0 atom stereocenters. The highest BCUT2D eigenvalue weighted by Crippen LogP contribution is 2.11. The molecule has 0 aliphatic heterocycles. The van der Waals surface area contributed by atoms with Gasteiger partial charge in [0.25, 0.3) is 0 Å². The van der Waals surface area contributed by atoms with Crippen molar-refractivity contribution in [2.75, 3.05) is 11.9 Å². The van der Waals surface area contributed by atoms with Gasteiger partial charge in [0, 0.05) is 12.2 Å². The zero-order chi connectivity index (χ0) is 23.5. The van der Waals surface area contributed by atoms with Crippen molar-refractivity contribution >= 4 is 30.3 Å². The van der Waals surface area contributed by atoms with Gasteiger partial charge in [0.2, 0.25) is 5.91 Å². The number of carbonyl (C=O) groups excluding carboxylic acids is 2. The summed E-state index contributed by atoms with van der Waals surface area (Å²) >= 11 is 0. The lowest BCUT2D eigenvalue weighted by atomic mass is 9.80. The van der Waals surface area contributed by atoms with E-state index in [4.69, 9.17) is 19.5 Å². The summed E-state index contributed by atoms with van der Waals surface area (Å²) in [4.78, 5) is 24.0. The van der Waals surface area contributed by atoms with Crippen molar-refractivity contribution in [2.45, 2.75) is 19.8 Å². The molecule has 0 heterocycles. The third-order valence-electron chi connectivity index (χ3n) is 4.64. The second kappa shape index (κ2) is 12.4. The van der Waals surface area contributed by atoms with Gasteiger partial charge in [0.05, 0.1) is 6.61 Å². The lowest BCUT2D eigenvalue weighted by Crippen LogP contribution is -2.29. The maximum atomic E-state index is 12.2. The molecular weight excluding hydrogens is 423 g/mol. The molecule has 0 aromatic heterocycles. The molecule has 4 N–H and O–H groups in total. The van der Waals surface area contributed by atoms with Crippen LogP contribution in [0.25, 0.3) is 0 Å². The van der Waals surface area contributed by atoms with Crippen molar-refractivity contribution < 1.29 is 29.1 Å². The zero-order valence-corrected chi connectivity index (χ0v) is 17.9. The molecule has 8 nitrogen and oxygen atoms in total. The van der Waals surface area contributed by atoms with Gasteiger partial charge in [-0.1, -0.05) is 66.7 Å².